The molecule has 0 N–H and O–H groups in total. The monoisotopic (exact) mass is 374 g/mol. The molecule has 0 saturated carbocycles. The number of carbonyl (C=O) groups excluding carboxylic acids is 2. The molecule has 144 valence electrons. The van der Waals surface area contributed by atoms with Crippen LogP contribution in [0.5, 0.6) is 0 Å². The van der Waals surface area contributed by atoms with Gasteiger partial charge in [-0.25, -0.2) is 0 Å². The van der Waals surface area contributed by atoms with Crippen LogP contribution in [0.3, 0.4) is 0 Å². The lowest BCUT2D eigenvalue weighted by atomic mass is 9.97. The number of likely N-dealkylation sites (tertiary alicyclic amines) is 1. The third-order valence-electron chi connectivity index (χ3n) is 5.86. The van der Waals surface area contributed by atoms with E-state index in [2.05, 4.69) is 13.8 Å². The van der Waals surface area contributed by atoms with Crippen LogP contribution in [0.15, 0.2) is 60.8 Å². The highest BCUT2D eigenvalue weighted by Gasteiger charge is 2.29. The van der Waals surface area contributed by atoms with Crippen molar-refractivity contribution in [3.63, 3.8) is 0 Å². The van der Waals surface area contributed by atoms with Crippen LogP contribution in [0.25, 0.3) is 10.9 Å². The number of nitrogens with zero attached hydrogens (tertiary/aromatic N) is 2. The molecule has 2 unspecified atom stereocenters. The highest BCUT2D eigenvalue weighted by Crippen LogP contribution is 2.26. The Morgan fingerprint density at radius 1 is 0.929 bits per heavy atom. The second kappa shape index (κ2) is 7.63. The number of fused-ring (bicyclic) bond motifs is 1. The standard InChI is InChI=1S/C24H26N2O2/c1-17-9-8-10-18(2)26(17)23(27)16-25-15-21(20-13-6-7-14-22(20)25)24(28)19-11-4-3-5-12-19/h3-7,11-15,17-18H,8-10,16H2,1-2H3. The zero-order valence-corrected chi connectivity index (χ0v) is 16.5. The summed E-state index contributed by atoms with van der Waals surface area (Å²) in [6.07, 6.45) is 5.13. The Morgan fingerprint density at radius 3 is 2.29 bits per heavy atom. The van der Waals surface area contributed by atoms with Gasteiger partial charge in [-0.3, -0.25) is 9.59 Å². The van der Waals surface area contributed by atoms with Crippen molar-refractivity contribution < 1.29 is 9.59 Å². The molecular weight excluding hydrogens is 348 g/mol. The van der Waals surface area contributed by atoms with Gasteiger partial charge in [0.05, 0.1) is 0 Å². The number of aromatic nitrogens is 1. The molecule has 4 rings (SSSR count). The van der Waals surface area contributed by atoms with Crippen LogP contribution >= 0.6 is 0 Å². The molecule has 4 nitrogen and oxygen atoms in total. The predicted octanol–water partition coefficient (Wildman–Crippen LogP) is 4.66. The molecule has 1 saturated heterocycles. The van der Waals surface area contributed by atoms with Gasteiger partial charge in [-0.05, 0) is 39.2 Å². The van der Waals surface area contributed by atoms with Crippen LogP contribution in [0.1, 0.15) is 49.0 Å². The van der Waals surface area contributed by atoms with E-state index in [9.17, 15) is 9.59 Å². The number of hydrogen-bond acceptors (Lipinski definition) is 2. The minimum Gasteiger partial charge on any atom is -0.337 e. The summed E-state index contributed by atoms with van der Waals surface area (Å²) in [5.41, 5.74) is 2.23. The van der Waals surface area contributed by atoms with Gasteiger partial charge >= 0.3 is 0 Å². The maximum atomic E-state index is 13.1. The van der Waals surface area contributed by atoms with E-state index >= 15 is 0 Å². The first-order chi connectivity index (χ1) is 13.6. The highest BCUT2D eigenvalue weighted by molar-refractivity contribution is 6.16. The molecule has 0 bridgehead atoms. The molecule has 0 spiro atoms. The van der Waals surface area contributed by atoms with Crippen molar-refractivity contribution >= 4 is 22.6 Å². The number of rotatable bonds is 4. The molecule has 1 aliphatic rings. The van der Waals surface area contributed by atoms with Crippen LogP contribution in [0, 0.1) is 0 Å². The maximum absolute atomic E-state index is 13.1. The largest absolute Gasteiger partial charge is 0.337 e. The third kappa shape index (κ3) is 3.35. The maximum Gasteiger partial charge on any atom is 0.242 e. The Kier molecular flexibility index (Phi) is 5.03. The predicted molar refractivity (Wildman–Crippen MR) is 111 cm³/mol. The lowest BCUT2D eigenvalue weighted by molar-refractivity contribution is -0.137. The Balaban J connectivity index is 1.69. The molecule has 0 aliphatic carbocycles. The van der Waals surface area contributed by atoms with Crippen molar-refractivity contribution in [2.24, 2.45) is 0 Å². The number of para-hydroxylation sites is 1. The van der Waals surface area contributed by atoms with Crippen LogP contribution in [-0.2, 0) is 11.3 Å². The Hall–Kier alpha value is -2.88. The van der Waals surface area contributed by atoms with Crippen molar-refractivity contribution in [1.29, 1.82) is 0 Å². The van der Waals surface area contributed by atoms with Crippen molar-refractivity contribution in [3.8, 4) is 0 Å². The molecule has 3 aromatic rings. The van der Waals surface area contributed by atoms with Crippen molar-refractivity contribution in [3.05, 3.63) is 71.9 Å². The van der Waals surface area contributed by atoms with E-state index in [0.717, 1.165) is 23.7 Å². The molecule has 28 heavy (non-hydrogen) atoms. The third-order valence-corrected chi connectivity index (χ3v) is 5.86. The van der Waals surface area contributed by atoms with E-state index < -0.39 is 0 Å². The van der Waals surface area contributed by atoms with E-state index in [0.29, 0.717) is 11.1 Å². The van der Waals surface area contributed by atoms with E-state index in [1.54, 1.807) is 0 Å². The van der Waals surface area contributed by atoms with Crippen LogP contribution in [0.4, 0.5) is 0 Å². The normalized spacial score (nSPS) is 19.7. The average molecular weight is 374 g/mol. The quantitative estimate of drug-likeness (QED) is 0.623. The Labute approximate surface area is 165 Å². The first-order valence-electron chi connectivity index (χ1n) is 10.0. The summed E-state index contributed by atoms with van der Waals surface area (Å²) >= 11 is 0. The first kappa shape index (κ1) is 18.5. The first-order valence-corrected chi connectivity index (χ1v) is 10.0. The zero-order valence-electron chi connectivity index (χ0n) is 16.5. The van der Waals surface area contributed by atoms with E-state index in [1.165, 1.54) is 6.42 Å². The van der Waals surface area contributed by atoms with Crippen LogP contribution < -0.4 is 0 Å². The number of benzene rings is 2. The van der Waals surface area contributed by atoms with Gasteiger partial charge in [0.15, 0.2) is 5.78 Å². The summed E-state index contributed by atoms with van der Waals surface area (Å²) in [5.74, 6) is 0.113. The Morgan fingerprint density at radius 2 is 1.57 bits per heavy atom. The fraction of sp³-hybridized carbons (Fsp3) is 0.333. The van der Waals surface area contributed by atoms with Gasteiger partial charge in [-0.1, -0.05) is 48.5 Å². The molecule has 2 aromatic carbocycles. The van der Waals surface area contributed by atoms with Gasteiger partial charge in [-0.15, -0.1) is 0 Å². The minimum absolute atomic E-state index is 0.0114. The number of hydrogen-bond donors (Lipinski definition) is 0. The van der Waals surface area contributed by atoms with Crippen molar-refractivity contribution in [2.75, 3.05) is 0 Å². The summed E-state index contributed by atoms with van der Waals surface area (Å²) in [6.45, 7) is 4.52. The molecule has 1 fully saturated rings. The number of ketones is 1. The van der Waals surface area contributed by atoms with E-state index in [4.69, 9.17) is 0 Å². The number of carbonyl (C=O) groups is 2. The fourth-order valence-corrected chi connectivity index (χ4v) is 4.44. The summed E-state index contributed by atoms with van der Waals surface area (Å²) in [6, 6.07) is 17.7. The van der Waals surface area contributed by atoms with Gasteiger partial charge in [0.2, 0.25) is 5.91 Å². The van der Waals surface area contributed by atoms with Gasteiger partial charge in [0.25, 0.3) is 0 Å². The summed E-state index contributed by atoms with van der Waals surface area (Å²) < 4.78 is 1.93. The molecule has 2 heterocycles. The lowest BCUT2D eigenvalue weighted by Crippen LogP contribution is -2.48. The smallest absolute Gasteiger partial charge is 0.242 e. The molecule has 2 atom stereocenters. The number of piperidine rings is 1. The van der Waals surface area contributed by atoms with E-state index in [1.807, 2.05) is 70.3 Å². The molecule has 4 heteroatoms. The summed E-state index contributed by atoms with van der Waals surface area (Å²) in [5, 5.41) is 0.892. The summed E-state index contributed by atoms with van der Waals surface area (Å²) in [4.78, 5) is 28.2. The SMILES string of the molecule is CC1CCCC(C)N1C(=O)Cn1cc(C(=O)c2ccccc2)c2ccccc21. The average Bonchev–Trinajstić information content (AvgIpc) is 3.06. The highest BCUT2D eigenvalue weighted by atomic mass is 16.2. The topological polar surface area (TPSA) is 42.3 Å². The van der Waals surface area contributed by atoms with Gasteiger partial charge < -0.3 is 9.47 Å². The van der Waals surface area contributed by atoms with Crippen LogP contribution in [-0.4, -0.2) is 33.2 Å². The molecule has 1 amide bonds. The lowest BCUT2D eigenvalue weighted by Gasteiger charge is -2.39. The molecule has 0 radical (unpaired) electrons. The fourth-order valence-electron chi connectivity index (χ4n) is 4.44. The molecular formula is C24H26N2O2. The summed E-state index contributed by atoms with van der Waals surface area (Å²) in [7, 11) is 0. The van der Waals surface area contributed by atoms with Crippen molar-refractivity contribution in [1.82, 2.24) is 9.47 Å². The van der Waals surface area contributed by atoms with Crippen LogP contribution in [0.2, 0.25) is 0 Å². The number of amides is 1. The second-order valence-electron chi connectivity index (χ2n) is 7.81. The van der Waals surface area contributed by atoms with Gasteiger partial charge in [-0.2, -0.15) is 0 Å². The van der Waals surface area contributed by atoms with E-state index in [-0.39, 0.29) is 30.3 Å². The molecule has 1 aromatic heterocycles. The Bertz CT molecular complexity index is 996. The minimum atomic E-state index is -0.0114. The van der Waals surface area contributed by atoms with Gasteiger partial charge in [0, 0.05) is 40.3 Å². The van der Waals surface area contributed by atoms with Crippen molar-refractivity contribution in [2.45, 2.75) is 51.7 Å². The zero-order chi connectivity index (χ0) is 19.7. The second-order valence-corrected chi connectivity index (χ2v) is 7.81. The van der Waals surface area contributed by atoms with Gasteiger partial charge in [0.1, 0.15) is 6.54 Å². The molecule has 1 aliphatic heterocycles.